The molecule has 0 radical (unpaired) electrons. The number of hydrogen-bond donors (Lipinski definition) is 1. The summed E-state index contributed by atoms with van der Waals surface area (Å²) in [6, 6.07) is -0.165. The second-order valence-electron chi connectivity index (χ2n) is 4.41. The summed E-state index contributed by atoms with van der Waals surface area (Å²) in [4.78, 5) is 11.3. The summed E-state index contributed by atoms with van der Waals surface area (Å²) in [5.74, 6) is -1.37. The molecule has 0 spiro atoms. The molecule has 3 rings (SSSR count). The summed E-state index contributed by atoms with van der Waals surface area (Å²) in [7, 11) is 0. The van der Waals surface area contributed by atoms with Crippen molar-refractivity contribution in [2.24, 2.45) is 0 Å². The molecule has 0 amide bonds. The Bertz CT molecular complexity index is 772. The van der Waals surface area contributed by atoms with E-state index in [1.54, 1.807) is 6.20 Å². The number of rotatable bonds is 4. The Morgan fingerprint density at radius 2 is 1.96 bits per heavy atom. The molecule has 0 aliphatic carbocycles. The summed E-state index contributed by atoms with van der Waals surface area (Å²) in [6.45, 7) is 1.85. The second kappa shape index (κ2) is 5.87. The van der Waals surface area contributed by atoms with E-state index >= 15 is 0 Å². The molecular formula is C11H8F3N7OS. The van der Waals surface area contributed by atoms with E-state index in [9.17, 15) is 13.2 Å². The van der Waals surface area contributed by atoms with Crippen LogP contribution < -0.4 is 5.32 Å². The van der Waals surface area contributed by atoms with Gasteiger partial charge >= 0.3 is 12.1 Å². The normalized spacial score (nSPS) is 13.0. The average Bonchev–Trinajstić information content (AvgIpc) is 3.19. The molecule has 12 heteroatoms. The Labute approximate surface area is 131 Å². The van der Waals surface area contributed by atoms with Gasteiger partial charge in [0.05, 0.1) is 35.2 Å². The van der Waals surface area contributed by atoms with Crippen LogP contribution in [0.25, 0.3) is 11.4 Å². The summed E-state index contributed by atoms with van der Waals surface area (Å²) in [6.07, 6.45) is -0.474. The van der Waals surface area contributed by atoms with Gasteiger partial charge < -0.3 is 9.84 Å². The summed E-state index contributed by atoms with van der Waals surface area (Å²) < 4.78 is 49.4. The molecule has 3 aromatic rings. The van der Waals surface area contributed by atoms with Gasteiger partial charge in [-0.2, -0.15) is 26.9 Å². The van der Waals surface area contributed by atoms with Gasteiger partial charge in [0, 0.05) is 12.4 Å². The van der Waals surface area contributed by atoms with Crippen LogP contribution in [0.1, 0.15) is 24.6 Å². The van der Waals surface area contributed by atoms with Crippen LogP contribution in [0.2, 0.25) is 0 Å². The third kappa shape index (κ3) is 3.41. The lowest BCUT2D eigenvalue weighted by Gasteiger charge is -2.10. The van der Waals surface area contributed by atoms with Gasteiger partial charge in [-0.25, -0.2) is 9.97 Å². The SMILES string of the molecule is CC(Nc1ncc(-c2noc(C(F)(F)F)n2)cn1)c1cnsn1. The van der Waals surface area contributed by atoms with E-state index in [2.05, 4.69) is 38.7 Å². The molecule has 0 bridgehead atoms. The number of aromatic nitrogens is 6. The monoisotopic (exact) mass is 343 g/mol. The quantitative estimate of drug-likeness (QED) is 0.771. The molecule has 23 heavy (non-hydrogen) atoms. The fraction of sp³-hybridized carbons (Fsp3) is 0.273. The van der Waals surface area contributed by atoms with E-state index in [-0.39, 0.29) is 23.4 Å². The molecule has 0 saturated heterocycles. The lowest BCUT2D eigenvalue weighted by Crippen LogP contribution is -2.09. The van der Waals surface area contributed by atoms with Crippen molar-refractivity contribution in [1.82, 2.24) is 28.9 Å². The average molecular weight is 343 g/mol. The fourth-order valence-corrected chi connectivity index (χ4v) is 2.11. The molecular weight excluding hydrogens is 335 g/mol. The number of alkyl halides is 3. The first kappa shape index (κ1) is 15.3. The Kier molecular flexibility index (Phi) is 3.90. The Balaban J connectivity index is 1.73. The minimum absolute atomic E-state index is 0.165. The minimum atomic E-state index is -4.69. The maximum absolute atomic E-state index is 12.4. The molecule has 3 heterocycles. The van der Waals surface area contributed by atoms with Crippen LogP contribution in [0.5, 0.6) is 0 Å². The molecule has 0 saturated carbocycles. The van der Waals surface area contributed by atoms with Crippen LogP contribution in [0, 0.1) is 0 Å². The predicted molar refractivity (Wildman–Crippen MR) is 72.3 cm³/mol. The number of anilines is 1. The molecule has 8 nitrogen and oxygen atoms in total. The predicted octanol–water partition coefficient (Wildman–Crippen LogP) is 2.57. The van der Waals surface area contributed by atoms with Gasteiger partial charge in [-0.3, -0.25) is 0 Å². The highest BCUT2D eigenvalue weighted by molar-refractivity contribution is 6.99. The molecule has 120 valence electrons. The van der Waals surface area contributed by atoms with Crippen molar-refractivity contribution in [3.63, 3.8) is 0 Å². The van der Waals surface area contributed by atoms with E-state index in [0.717, 1.165) is 17.4 Å². The largest absolute Gasteiger partial charge is 0.471 e. The van der Waals surface area contributed by atoms with Crippen LogP contribution in [0.15, 0.2) is 23.1 Å². The van der Waals surface area contributed by atoms with Crippen molar-refractivity contribution in [3.05, 3.63) is 30.2 Å². The van der Waals surface area contributed by atoms with E-state index in [4.69, 9.17) is 0 Å². The number of nitrogens with one attached hydrogen (secondary N) is 1. The van der Waals surface area contributed by atoms with Crippen molar-refractivity contribution in [3.8, 4) is 11.4 Å². The van der Waals surface area contributed by atoms with Crippen molar-refractivity contribution in [2.45, 2.75) is 19.1 Å². The van der Waals surface area contributed by atoms with E-state index < -0.39 is 12.1 Å². The van der Waals surface area contributed by atoms with Gasteiger partial charge in [0.25, 0.3) is 0 Å². The topological polar surface area (TPSA) is 103 Å². The minimum Gasteiger partial charge on any atom is -0.346 e. The van der Waals surface area contributed by atoms with Crippen molar-refractivity contribution in [2.75, 3.05) is 5.32 Å². The highest BCUT2D eigenvalue weighted by atomic mass is 32.1. The Hall–Kier alpha value is -2.63. The number of halogens is 3. The van der Waals surface area contributed by atoms with Gasteiger partial charge in [-0.15, -0.1) is 0 Å². The maximum atomic E-state index is 12.4. The molecule has 1 atom stereocenters. The van der Waals surface area contributed by atoms with Gasteiger partial charge in [0.1, 0.15) is 0 Å². The molecule has 1 unspecified atom stereocenters. The molecule has 0 aliphatic rings. The fourth-order valence-electron chi connectivity index (χ4n) is 1.60. The zero-order valence-corrected chi connectivity index (χ0v) is 12.3. The van der Waals surface area contributed by atoms with E-state index in [1.165, 1.54) is 12.4 Å². The smallest absolute Gasteiger partial charge is 0.346 e. The summed E-state index contributed by atoms with van der Waals surface area (Å²) in [5, 5.41) is 6.25. The molecule has 0 aliphatic heterocycles. The van der Waals surface area contributed by atoms with E-state index in [0.29, 0.717) is 0 Å². The van der Waals surface area contributed by atoms with Gasteiger partial charge in [0.15, 0.2) is 0 Å². The third-order valence-electron chi connectivity index (χ3n) is 2.75. The first-order valence-electron chi connectivity index (χ1n) is 6.21. The summed E-state index contributed by atoms with van der Waals surface area (Å²) >= 11 is 1.08. The lowest BCUT2D eigenvalue weighted by atomic mass is 10.2. The number of nitrogens with zero attached hydrogens (tertiary/aromatic N) is 6. The second-order valence-corrected chi connectivity index (χ2v) is 4.97. The highest BCUT2D eigenvalue weighted by Crippen LogP contribution is 2.29. The zero-order valence-electron chi connectivity index (χ0n) is 11.4. The van der Waals surface area contributed by atoms with Crippen LogP contribution in [-0.4, -0.2) is 28.9 Å². The first-order chi connectivity index (χ1) is 10.9. The maximum Gasteiger partial charge on any atom is 0.471 e. The highest BCUT2D eigenvalue weighted by Gasteiger charge is 2.38. The Morgan fingerprint density at radius 3 is 2.52 bits per heavy atom. The molecule has 0 aromatic carbocycles. The standard InChI is InChI=1S/C11H8F3N7OS/c1-5(7-4-17-23-21-7)18-10-15-2-6(3-16-10)8-19-9(22-20-8)11(12,13)14/h2-5H,1H3,(H,15,16,18). The van der Waals surface area contributed by atoms with Gasteiger partial charge in [-0.1, -0.05) is 5.16 Å². The first-order valence-corrected chi connectivity index (χ1v) is 6.94. The van der Waals surface area contributed by atoms with Crippen molar-refractivity contribution < 1.29 is 17.7 Å². The van der Waals surface area contributed by atoms with E-state index in [1.807, 2.05) is 6.92 Å². The van der Waals surface area contributed by atoms with Crippen LogP contribution in [0.4, 0.5) is 19.1 Å². The third-order valence-corrected chi connectivity index (χ3v) is 3.24. The molecule has 1 N–H and O–H groups in total. The van der Waals surface area contributed by atoms with Gasteiger partial charge in [-0.05, 0) is 6.92 Å². The lowest BCUT2D eigenvalue weighted by molar-refractivity contribution is -0.159. The summed E-state index contributed by atoms with van der Waals surface area (Å²) in [5.41, 5.74) is 0.938. The van der Waals surface area contributed by atoms with Crippen molar-refractivity contribution in [1.29, 1.82) is 0 Å². The number of hydrogen-bond acceptors (Lipinski definition) is 9. The van der Waals surface area contributed by atoms with Crippen LogP contribution in [-0.2, 0) is 6.18 Å². The molecule has 0 fully saturated rings. The zero-order chi connectivity index (χ0) is 16.4. The van der Waals surface area contributed by atoms with Crippen LogP contribution in [0.3, 0.4) is 0 Å². The Morgan fingerprint density at radius 1 is 1.22 bits per heavy atom. The van der Waals surface area contributed by atoms with Crippen molar-refractivity contribution >= 4 is 17.7 Å². The van der Waals surface area contributed by atoms with Crippen LogP contribution >= 0.6 is 11.7 Å². The molecule has 3 aromatic heterocycles. The van der Waals surface area contributed by atoms with Gasteiger partial charge in [0.2, 0.25) is 11.8 Å².